The molecule has 0 atom stereocenters. The Balaban J connectivity index is 1.62. The molecule has 0 saturated heterocycles. The zero-order valence-corrected chi connectivity index (χ0v) is 21.8. The van der Waals surface area contributed by atoms with Crippen LogP contribution in [0.2, 0.25) is 0 Å². The maximum atomic E-state index is 12.6. The molecule has 8 nitrogen and oxygen atoms in total. The topological polar surface area (TPSA) is 111 Å². The van der Waals surface area contributed by atoms with Gasteiger partial charge < -0.3 is 0 Å². The molecule has 0 aliphatic heterocycles. The van der Waals surface area contributed by atoms with Crippen molar-refractivity contribution < 1.29 is 25.4 Å². The predicted molar refractivity (Wildman–Crippen MR) is 145 cm³/mol. The van der Waals surface area contributed by atoms with E-state index in [4.69, 9.17) is 8.57 Å². The van der Waals surface area contributed by atoms with Gasteiger partial charge in [-0.25, -0.2) is 0 Å². The van der Waals surface area contributed by atoms with Gasteiger partial charge in [0.25, 0.3) is 0 Å². The van der Waals surface area contributed by atoms with Crippen LogP contribution < -0.4 is 0 Å². The first-order valence-corrected chi connectivity index (χ1v) is 14.4. The first-order chi connectivity index (χ1) is 18.4. The van der Waals surface area contributed by atoms with Crippen LogP contribution in [-0.4, -0.2) is 28.3 Å². The fourth-order valence-corrected chi connectivity index (χ4v) is 4.96. The van der Waals surface area contributed by atoms with Crippen LogP contribution in [0, 0.1) is 0 Å². The van der Waals surface area contributed by atoms with E-state index in [9.17, 15) is 16.8 Å². The smallest absolute Gasteiger partial charge is 0.264 e. The Kier molecular flexibility index (Phi) is 8.67. The van der Waals surface area contributed by atoms with Crippen molar-refractivity contribution in [3.63, 3.8) is 0 Å². The van der Waals surface area contributed by atoms with Gasteiger partial charge in [0.15, 0.2) is 0 Å². The summed E-state index contributed by atoms with van der Waals surface area (Å²) in [6.07, 6.45) is 0.355. The summed E-state index contributed by atoms with van der Waals surface area (Å²) < 4.78 is 60.6. The molecule has 4 rings (SSSR count). The second-order valence-electron chi connectivity index (χ2n) is 7.99. The van der Waals surface area contributed by atoms with Crippen LogP contribution in [0.1, 0.15) is 24.0 Å². The summed E-state index contributed by atoms with van der Waals surface area (Å²) in [4.78, 5) is -0.0514. The van der Waals surface area contributed by atoms with Crippen molar-refractivity contribution >= 4 is 31.7 Å². The van der Waals surface area contributed by atoms with Crippen LogP contribution in [0.3, 0.4) is 0 Å². The highest BCUT2D eigenvalue weighted by atomic mass is 32.2. The van der Waals surface area contributed by atoms with Gasteiger partial charge >= 0.3 is 20.2 Å². The Morgan fingerprint density at radius 2 is 0.763 bits per heavy atom. The lowest BCUT2D eigenvalue weighted by atomic mass is 10.0. The second kappa shape index (κ2) is 12.3. The third-order valence-electron chi connectivity index (χ3n) is 5.37. The fraction of sp³-hybridized carbons (Fsp3) is 0.0714. The van der Waals surface area contributed by atoms with Gasteiger partial charge in [0, 0.05) is 0 Å². The number of rotatable bonds is 11. The summed E-state index contributed by atoms with van der Waals surface area (Å²) in [5, 5.41) is 7.96. The number of nitrogens with zero attached hydrogens (tertiary/aromatic N) is 2. The summed E-state index contributed by atoms with van der Waals surface area (Å²) in [6.45, 7) is 0. The van der Waals surface area contributed by atoms with E-state index in [1.165, 1.54) is 24.3 Å². The molecular formula is C28H24N2O6S2. The molecule has 194 valence electrons. The van der Waals surface area contributed by atoms with E-state index in [2.05, 4.69) is 10.3 Å². The standard InChI is InChI=1S/C28H24N2O6S2/c31-37(32,25-17-9-3-10-18-25)35-29-27(23-13-5-1-6-14-23)21-22-28(24-15-7-2-8-16-24)30-36-38(33,34)26-19-11-4-12-20-26/h1-20H,21-22H2/b29-27-,30-28-. The van der Waals surface area contributed by atoms with Gasteiger partial charge in [-0.3, -0.25) is 8.57 Å². The molecule has 0 N–H and O–H groups in total. The fourth-order valence-electron chi connectivity index (χ4n) is 3.43. The van der Waals surface area contributed by atoms with Gasteiger partial charge in [-0.2, -0.15) is 16.8 Å². The molecule has 38 heavy (non-hydrogen) atoms. The monoisotopic (exact) mass is 548 g/mol. The molecule has 4 aromatic carbocycles. The largest absolute Gasteiger partial charge is 0.358 e. The third kappa shape index (κ3) is 7.15. The maximum absolute atomic E-state index is 12.6. The molecule has 0 aliphatic carbocycles. The van der Waals surface area contributed by atoms with E-state index in [1.54, 1.807) is 84.9 Å². The summed E-state index contributed by atoms with van der Waals surface area (Å²) in [5.74, 6) is 0. The van der Waals surface area contributed by atoms with Crippen LogP contribution >= 0.6 is 0 Å². The molecule has 0 bridgehead atoms. The molecular weight excluding hydrogens is 524 g/mol. The molecule has 0 spiro atoms. The molecule has 0 unspecified atom stereocenters. The number of oxime groups is 2. The van der Waals surface area contributed by atoms with Crippen LogP contribution in [0.15, 0.2) is 141 Å². The SMILES string of the molecule is O=S(=O)(O/N=C(/CC/C(=N/OS(=O)(=O)c1ccccc1)c1ccccc1)c1ccccc1)c1ccccc1. The van der Waals surface area contributed by atoms with Gasteiger partial charge in [0.2, 0.25) is 0 Å². The highest BCUT2D eigenvalue weighted by molar-refractivity contribution is 7.87. The maximum Gasteiger partial charge on any atom is 0.358 e. The third-order valence-corrected chi connectivity index (χ3v) is 7.61. The van der Waals surface area contributed by atoms with Gasteiger partial charge in [-0.15, -0.1) is 0 Å². The summed E-state index contributed by atoms with van der Waals surface area (Å²) in [7, 11) is -8.27. The van der Waals surface area contributed by atoms with Gasteiger partial charge in [0.1, 0.15) is 9.79 Å². The zero-order valence-electron chi connectivity index (χ0n) is 20.1. The van der Waals surface area contributed by atoms with E-state index in [1.807, 2.05) is 12.1 Å². The molecule has 0 radical (unpaired) electrons. The van der Waals surface area contributed by atoms with E-state index in [0.29, 0.717) is 22.6 Å². The van der Waals surface area contributed by atoms with Crippen molar-refractivity contribution in [1.29, 1.82) is 0 Å². The minimum atomic E-state index is -4.14. The van der Waals surface area contributed by atoms with E-state index >= 15 is 0 Å². The first kappa shape index (κ1) is 26.8. The van der Waals surface area contributed by atoms with Crippen molar-refractivity contribution in [2.75, 3.05) is 0 Å². The molecule has 10 heteroatoms. The van der Waals surface area contributed by atoms with Crippen LogP contribution in [0.5, 0.6) is 0 Å². The lowest BCUT2D eigenvalue weighted by Crippen LogP contribution is -2.11. The number of hydrogen-bond donors (Lipinski definition) is 0. The lowest BCUT2D eigenvalue weighted by molar-refractivity contribution is 0.335. The van der Waals surface area contributed by atoms with Crippen LogP contribution in [0.4, 0.5) is 0 Å². The number of benzene rings is 4. The minimum Gasteiger partial charge on any atom is -0.264 e. The Hall–Kier alpha value is -4.28. The molecule has 0 aromatic heterocycles. The summed E-state index contributed by atoms with van der Waals surface area (Å²) >= 11 is 0. The van der Waals surface area contributed by atoms with Crippen molar-refractivity contribution in [3.8, 4) is 0 Å². The quantitative estimate of drug-likeness (QED) is 0.184. The van der Waals surface area contributed by atoms with Crippen LogP contribution in [-0.2, 0) is 28.8 Å². The van der Waals surface area contributed by atoms with Crippen molar-refractivity contribution in [3.05, 3.63) is 132 Å². The zero-order chi connectivity index (χ0) is 26.8. The van der Waals surface area contributed by atoms with Crippen LogP contribution in [0.25, 0.3) is 0 Å². The highest BCUT2D eigenvalue weighted by Crippen LogP contribution is 2.18. The molecule has 0 aliphatic rings. The summed E-state index contributed by atoms with van der Waals surface area (Å²) in [6, 6.07) is 33.3. The van der Waals surface area contributed by atoms with Gasteiger partial charge in [-0.05, 0) is 48.2 Å². The molecule has 4 aromatic rings. The first-order valence-electron chi connectivity index (χ1n) is 11.6. The number of hydrogen-bond acceptors (Lipinski definition) is 8. The summed E-state index contributed by atoms with van der Waals surface area (Å²) in [5.41, 5.74) is 1.95. The average Bonchev–Trinajstić information content (AvgIpc) is 2.96. The lowest BCUT2D eigenvalue weighted by Gasteiger charge is -2.10. The Labute approximate surface area is 222 Å². The van der Waals surface area contributed by atoms with Crippen molar-refractivity contribution in [2.24, 2.45) is 10.3 Å². The molecule has 0 heterocycles. The minimum absolute atomic E-state index is 0.0257. The van der Waals surface area contributed by atoms with Crippen molar-refractivity contribution in [1.82, 2.24) is 0 Å². The van der Waals surface area contributed by atoms with Crippen molar-refractivity contribution in [2.45, 2.75) is 22.6 Å². The van der Waals surface area contributed by atoms with E-state index in [-0.39, 0.29) is 22.6 Å². The molecule has 0 amide bonds. The highest BCUT2D eigenvalue weighted by Gasteiger charge is 2.19. The second-order valence-corrected chi connectivity index (χ2v) is 11.0. The Morgan fingerprint density at radius 1 is 0.474 bits per heavy atom. The molecule has 0 fully saturated rings. The molecule has 0 saturated carbocycles. The normalized spacial score (nSPS) is 12.6. The van der Waals surface area contributed by atoms with E-state index in [0.717, 1.165) is 0 Å². The predicted octanol–water partition coefficient (Wildman–Crippen LogP) is 5.39. The van der Waals surface area contributed by atoms with Gasteiger partial charge in [0.05, 0.1) is 11.4 Å². The Bertz CT molecular complexity index is 1480. The average molecular weight is 549 g/mol. The van der Waals surface area contributed by atoms with Gasteiger partial charge in [-0.1, -0.05) is 107 Å². The Morgan fingerprint density at radius 3 is 1.08 bits per heavy atom. The van der Waals surface area contributed by atoms with E-state index < -0.39 is 20.2 Å².